The Balaban J connectivity index is 0.887. The summed E-state index contributed by atoms with van der Waals surface area (Å²) in [4.78, 5) is 73.8. The first-order valence-corrected chi connectivity index (χ1v) is 20.4. The number of hydrogen-bond acceptors (Lipinski definition) is 10. The fourth-order valence-electron chi connectivity index (χ4n) is 8.51. The lowest BCUT2D eigenvalue weighted by molar-refractivity contribution is -0.135. The molecule has 0 bridgehead atoms. The lowest BCUT2D eigenvalue weighted by Crippen LogP contribution is -2.47. The molecule has 3 aromatic rings. The summed E-state index contributed by atoms with van der Waals surface area (Å²) >= 11 is 0. The van der Waals surface area contributed by atoms with Crippen LogP contribution in [0, 0.1) is 5.92 Å². The summed E-state index contributed by atoms with van der Waals surface area (Å²) in [5, 5.41) is 5.28. The zero-order valence-electron chi connectivity index (χ0n) is 33.7. The Morgan fingerprint density at radius 2 is 1.81 bits per heavy atom. The number of rotatable bonds is 14. The predicted octanol–water partition coefficient (Wildman–Crippen LogP) is 3.87. The number of amides is 4. The highest BCUT2D eigenvalue weighted by molar-refractivity contribution is 6.02. The van der Waals surface area contributed by atoms with E-state index < -0.39 is 11.9 Å². The Morgan fingerprint density at radius 3 is 2.50 bits per heavy atom. The molecule has 4 amide bonds. The van der Waals surface area contributed by atoms with Gasteiger partial charge < -0.3 is 25.6 Å². The van der Waals surface area contributed by atoms with Gasteiger partial charge in [-0.3, -0.25) is 43.5 Å². The van der Waals surface area contributed by atoms with Gasteiger partial charge in [-0.05, 0) is 101 Å². The Morgan fingerprint density at radius 1 is 1.05 bits per heavy atom. The highest BCUT2D eigenvalue weighted by Crippen LogP contribution is 2.32. The van der Waals surface area contributed by atoms with E-state index in [-0.39, 0.29) is 36.0 Å². The molecule has 1 aromatic heterocycles. The lowest BCUT2D eigenvalue weighted by Gasteiger charge is -2.37. The number of nitrogen functional groups attached to an aromatic ring is 1. The topological polar surface area (TPSA) is 177 Å². The lowest BCUT2D eigenvalue weighted by atomic mass is 9.84. The van der Waals surface area contributed by atoms with E-state index in [1.165, 1.54) is 7.11 Å². The van der Waals surface area contributed by atoms with Gasteiger partial charge in [0.25, 0.3) is 5.91 Å². The fourth-order valence-corrected chi connectivity index (χ4v) is 8.51. The molecule has 58 heavy (non-hydrogen) atoms. The van der Waals surface area contributed by atoms with Crippen LogP contribution in [0.4, 0.5) is 11.4 Å². The van der Waals surface area contributed by atoms with Gasteiger partial charge in [-0.1, -0.05) is 6.07 Å². The van der Waals surface area contributed by atoms with Gasteiger partial charge in [0.05, 0.1) is 29.4 Å². The van der Waals surface area contributed by atoms with Crippen molar-refractivity contribution < 1.29 is 23.9 Å². The van der Waals surface area contributed by atoms with E-state index in [4.69, 9.17) is 15.5 Å². The fraction of sp³-hybridized carbons (Fsp3) is 0.488. The summed E-state index contributed by atoms with van der Waals surface area (Å²) in [5.74, 6) is -0.0311. The first kappa shape index (κ1) is 40.5. The highest BCUT2D eigenvalue weighted by Gasteiger charge is 2.33. The van der Waals surface area contributed by atoms with Crippen LogP contribution in [0.15, 0.2) is 64.2 Å². The second-order valence-electron chi connectivity index (χ2n) is 16.0. The van der Waals surface area contributed by atoms with Gasteiger partial charge >= 0.3 is 5.69 Å². The number of aliphatic imine (C=N–C) groups is 1. The van der Waals surface area contributed by atoms with E-state index in [0.717, 1.165) is 95.3 Å². The molecule has 4 aliphatic rings. The molecule has 2 aromatic carbocycles. The number of aryl methyl sites for hydroxylation is 1. The Hall–Kier alpha value is -5.70. The van der Waals surface area contributed by atoms with Crippen LogP contribution in [0.5, 0.6) is 5.75 Å². The molecule has 308 valence electrons. The van der Waals surface area contributed by atoms with Crippen LogP contribution in [0.25, 0.3) is 11.0 Å². The number of para-hydroxylation sites is 1. The Labute approximate surface area is 338 Å². The number of nitrogens with two attached hydrogens (primary N) is 1. The summed E-state index contributed by atoms with van der Waals surface area (Å²) in [6, 6.07) is 9.02. The number of nitrogens with one attached hydrogen (secondary N) is 2. The van der Waals surface area contributed by atoms with Crippen molar-refractivity contribution in [2.75, 3.05) is 50.5 Å². The van der Waals surface area contributed by atoms with Crippen molar-refractivity contribution in [2.45, 2.75) is 82.8 Å². The number of aromatic nitrogens is 2. The standard InChI is InChI=1S/C43H55N9O6/c1-28(6-5-18-51(27-53)32-13-14-32)46-41(55)33-24-30(34(44)25-38(33)58-3)26-45-31-11-9-29(10-12-31)17-19-49-20-22-50(23-21-49)35-7-4-8-36-40(35)48(2)43(57)52(36)37-15-16-39(54)47-42(37)56/h4-8,18,24-27,29,31-32,37H,9-17,19-23,44H2,1-3H3,(H,46,55)(H,47,54,56)/b18-5-,28-6+,45-26?. The third kappa shape index (κ3) is 9.04. The van der Waals surface area contributed by atoms with Gasteiger partial charge in [0, 0.05) is 87.2 Å². The molecule has 0 spiro atoms. The summed E-state index contributed by atoms with van der Waals surface area (Å²) < 4.78 is 8.67. The van der Waals surface area contributed by atoms with E-state index in [0.29, 0.717) is 46.1 Å². The molecular weight excluding hydrogens is 739 g/mol. The van der Waals surface area contributed by atoms with Crippen LogP contribution in [0.2, 0.25) is 0 Å². The average molecular weight is 794 g/mol. The van der Waals surface area contributed by atoms with Crippen molar-refractivity contribution in [2.24, 2.45) is 18.0 Å². The summed E-state index contributed by atoms with van der Waals surface area (Å²) in [6.07, 6.45) is 15.7. The molecular formula is C43H55N9O6. The molecule has 2 aliphatic heterocycles. The molecule has 1 unspecified atom stereocenters. The summed E-state index contributed by atoms with van der Waals surface area (Å²) in [6.45, 7) is 6.35. The number of piperazine rings is 1. The SMILES string of the molecule is COc1cc(N)c(C=NC2CCC(CCN3CCN(c4cccc5c4n(C)c(=O)n5C4CCC(=O)NC4=O)CC3)CC2)cc1C(=O)N/C(C)=C/C=C\N(C=O)C1CC1. The van der Waals surface area contributed by atoms with Gasteiger partial charge in [-0.15, -0.1) is 0 Å². The van der Waals surface area contributed by atoms with Crippen molar-refractivity contribution in [1.29, 1.82) is 0 Å². The van der Waals surface area contributed by atoms with Crippen molar-refractivity contribution in [3.8, 4) is 5.75 Å². The minimum atomic E-state index is -0.704. The maximum absolute atomic E-state index is 13.4. The number of imide groups is 1. The molecule has 4 N–H and O–H groups in total. The largest absolute Gasteiger partial charge is 0.496 e. The van der Waals surface area contributed by atoms with Crippen LogP contribution >= 0.6 is 0 Å². The van der Waals surface area contributed by atoms with Crippen molar-refractivity contribution in [3.05, 3.63) is 76.0 Å². The molecule has 1 atom stereocenters. The normalized spacial score (nSPS) is 22.2. The smallest absolute Gasteiger partial charge is 0.329 e. The number of anilines is 2. The highest BCUT2D eigenvalue weighted by atomic mass is 16.5. The number of nitrogens with zero attached hydrogens (tertiary/aromatic N) is 6. The zero-order valence-corrected chi connectivity index (χ0v) is 33.7. The number of carbonyl (C=O) groups is 4. The van der Waals surface area contributed by atoms with Crippen molar-refractivity contribution >= 4 is 52.8 Å². The molecule has 2 saturated carbocycles. The average Bonchev–Trinajstić information content (AvgIpc) is 4.04. The number of methoxy groups -OCH3 is 1. The maximum atomic E-state index is 13.4. The van der Waals surface area contributed by atoms with Crippen LogP contribution in [-0.2, 0) is 21.4 Å². The molecule has 2 saturated heterocycles. The Bertz CT molecular complexity index is 2180. The van der Waals surface area contributed by atoms with Gasteiger partial charge in [-0.25, -0.2) is 4.79 Å². The monoisotopic (exact) mass is 793 g/mol. The van der Waals surface area contributed by atoms with Gasteiger partial charge in [-0.2, -0.15) is 0 Å². The van der Waals surface area contributed by atoms with Crippen LogP contribution < -0.4 is 31.7 Å². The maximum Gasteiger partial charge on any atom is 0.329 e. The number of carbonyl (C=O) groups excluding carboxylic acids is 4. The summed E-state index contributed by atoms with van der Waals surface area (Å²) in [5.41, 5.74) is 10.8. The number of imidazole rings is 1. The molecule has 0 radical (unpaired) electrons. The minimum absolute atomic E-state index is 0.195. The third-order valence-corrected chi connectivity index (χ3v) is 12.1. The van der Waals surface area contributed by atoms with Crippen LogP contribution in [-0.4, -0.2) is 101 Å². The zero-order chi connectivity index (χ0) is 40.9. The second-order valence-corrected chi connectivity index (χ2v) is 16.0. The predicted molar refractivity (Wildman–Crippen MR) is 224 cm³/mol. The third-order valence-electron chi connectivity index (χ3n) is 12.1. The van der Waals surface area contributed by atoms with E-state index >= 15 is 0 Å². The van der Waals surface area contributed by atoms with E-state index in [1.54, 1.807) is 64.7 Å². The first-order valence-electron chi connectivity index (χ1n) is 20.4. The number of fused-ring (bicyclic) bond motifs is 1. The van der Waals surface area contributed by atoms with E-state index in [9.17, 15) is 24.0 Å². The number of allylic oxidation sites excluding steroid dienone is 3. The number of hydrogen-bond donors (Lipinski definition) is 3. The molecule has 15 nitrogen and oxygen atoms in total. The number of ether oxygens (including phenoxy) is 1. The molecule has 3 heterocycles. The molecule has 7 rings (SSSR count). The quantitative estimate of drug-likeness (QED) is 0.0720. The van der Waals surface area contributed by atoms with Crippen LogP contribution in [0.1, 0.15) is 86.7 Å². The van der Waals surface area contributed by atoms with E-state index in [2.05, 4.69) is 20.4 Å². The van der Waals surface area contributed by atoms with Crippen molar-refractivity contribution in [3.63, 3.8) is 0 Å². The van der Waals surface area contributed by atoms with Gasteiger partial charge in [0.15, 0.2) is 0 Å². The number of piperidine rings is 1. The second kappa shape index (κ2) is 17.8. The van der Waals surface area contributed by atoms with E-state index in [1.807, 2.05) is 18.2 Å². The van der Waals surface area contributed by atoms with Crippen LogP contribution in [0.3, 0.4) is 0 Å². The van der Waals surface area contributed by atoms with Gasteiger partial charge in [0.2, 0.25) is 18.2 Å². The minimum Gasteiger partial charge on any atom is -0.496 e. The van der Waals surface area contributed by atoms with Crippen molar-refractivity contribution in [1.82, 2.24) is 29.6 Å². The van der Waals surface area contributed by atoms with Gasteiger partial charge in [0.1, 0.15) is 11.8 Å². The number of benzene rings is 2. The molecule has 4 fully saturated rings. The molecule has 2 aliphatic carbocycles. The Kier molecular flexibility index (Phi) is 12.5. The summed E-state index contributed by atoms with van der Waals surface area (Å²) in [7, 11) is 3.26. The first-order chi connectivity index (χ1) is 28.0. The molecule has 15 heteroatoms.